The third-order valence-electron chi connectivity index (χ3n) is 3.69. The van der Waals surface area contributed by atoms with E-state index >= 15 is 0 Å². The van der Waals surface area contributed by atoms with E-state index in [2.05, 4.69) is 38.9 Å². The van der Waals surface area contributed by atoms with Crippen molar-refractivity contribution < 1.29 is 0 Å². The van der Waals surface area contributed by atoms with Crippen LogP contribution in [0, 0.1) is 0 Å². The van der Waals surface area contributed by atoms with Crippen LogP contribution in [0.3, 0.4) is 0 Å². The maximum absolute atomic E-state index is 4.58. The zero-order valence-electron chi connectivity index (χ0n) is 12.5. The van der Waals surface area contributed by atoms with E-state index in [-0.39, 0.29) is 6.04 Å². The molecule has 4 heteroatoms. The highest BCUT2D eigenvalue weighted by Crippen LogP contribution is 2.23. The molecular formula is C17H20N4. The Labute approximate surface area is 124 Å². The van der Waals surface area contributed by atoms with Gasteiger partial charge in [-0.05, 0) is 30.7 Å². The number of aromatic nitrogens is 3. The summed E-state index contributed by atoms with van der Waals surface area (Å²) >= 11 is 0. The molecule has 0 fully saturated rings. The van der Waals surface area contributed by atoms with Gasteiger partial charge in [-0.3, -0.25) is 4.98 Å². The molecule has 1 aromatic carbocycles. The second-order valence-corrected chi connectivity index (χ2v) is 5.28. The lowest BCUT2D eigenvalue weighted by molar-refractivity contribution is 0.569. The number of hydrogen-bond donors (Lipinski definition) is 1. The molecule has 0 spiro atoms. The van der Waals surface area contributed by atoms with Gasteiger partial charge in [0.2, 0.25) is 0 Å². The third-order valence-corrected chi connectivity index (χ3v) is 3.69. The average molecular weight is 280 g/mol. The van der Waals surface area contributed by atoms with Gasteiger partial charge in [-0.1, -0.05) is 25.1 Å². The van der Waals surface area contributed by atoms with E-state index in [1.165, 1.54) is 10.9 Å². The summed E-state index contributed by atoms with van der Waals surface area (Å²) in [6.45, 7) is 3.13. The van der Waals surface area contributed by atoms with Crippen LogP contribution in [0.25, 0.3) is 10.9 Å². The van der Waals surface area contributed by atoms with Gasteiger partial charge in [0.1, 0.15) is 0 Å². The number of nitrogens with zero attached hydrogens (tertiary/aromatic N) is 3. The lowest BCUT2D eigenvalue weighted by Crippen LogP contribution is -2.25. The van der Waals surface area contributed by atoms with Crippen molar-refractivity contribution in [1.29, 1.82) is 0 Å². The molecular weight excluding hydrogens is 260 g/mol. The van der Waals surface area contributed by atoms with E-state index in [0.29, 0.717) is 0 Å². The summed E-state index contributed by atoms with van der Waals surface area (Å²) in [7, 11) is 2.03. The van der Waals surface area contributed by atoms with Gasteiger partial charge in [0.15, 0.2) is 0 Å². The molecule has 108 valence electrons. The Morgan fingerprint density at radius 3 is 2.86 bits per heavy atom. The van der Waals surface area contributed by atoms with Crippen LogP contribution in [-0.2, 0) is 7.05 Å². The van der Waals surface area contributed by atoms with Gasteiger partial charge in [0.05, 0.1) is 29.8 Å². The van der Waals surface area contributed by atoms with Crippen molar-refractivity contribution in [2.75, 3.05) is 6.54 Å². The zero-order chi connectivity index (χ0) is 14.7. The van der Waals surface area contributed by atoms with Crippen LogP contribution in [0.4, 0.5) is 0 Å². The molecule has 2 aromatic heterocycles. The highest BCUT2D eigenvalue weighted by atomic mass is 15.1. The summed E-state index contributed by atoms with van der Waals surface area (Å²) in [4.78, 5) is 8.82. The third kappa shape index (κ3) is 2.81. The molecule has 0 radical (unpaired) electrons. The van der Waals surface area contributed by atoms with Crippen LogP contribution < -0.4 is 5.32 Å². The lowest BCUT2D eigenvalue weighted by atomic mass is 10.0. The lowest BCUT2D eigenvalue weighted by Gasteiger charge is -2.19. The summed E-state index contributed by atoms with van der Waals surface area (Å²) in [5.74, 6) is 0. The quantitative estimate of drug-likeness (QED) is 0.781. The molecule has 3 aromatic rings. The Morgan fingerprint density at radius 1 is 1.24 bits per heavy atom. The van der Waals surface area contributed by atoms with E-state index in [9.17, 15) is 0 Å². The van der Waals surface area contributed by atoms with Gasteiger partial charge in [-0.2, -0.15) is 0 Å². The molecule has 0 bridgehead atoms. The van der Waals surface area contributed by atoms with Crippen molar-refractivity contribution >= 4 is 10.9 Å². The fraction of sp³-hybridized carbons (Fsp3) is 0.294. The van der Waals surface area contributed by atoms with E-state index in [1.54, 1.807) is 0 Å². The minimum atomic E-state index is 0.120. The normalized spacial score (nSPS) is 12.7. The molecule has 0 amide bonds. The van der Waals surface area contributed by atoms with Gasteiger partial charge in [0.25, 0.3) is 0 Å². The van der Waals surface area contributed by atoms with Crippen LogP contribution in [0.5, 0.6) is 0 Å². The molecule has 0 saturated heterocycles. The van der Waals surface area contributed by atoms with Crippen molar-refractivity contribution in [1.82, 2.24) is 19.9 Å². The number of pyridine rings is 1. The summed E-state index contributed by atoms with van der Waals surface area (Å²) in [6, 6.07) is 10.5. The average Bonchev–Trinajstić information content (AvgIpc) is 2.94. The van der Waals surface area contributed by atoms with Crippen molar-refractivity contribution in [3.05, 3.63) is 60.3 Å². The maximum atomic E-state index is 4.58. The molecule has 0 aliphatic heterocycles. The van der Waals surface area contributed by atoms with E-state index in [4.69, 9.17) is 0 Å². The van der Waals surface area contributed by atoms with E-state index < -0.39 is 0 Å². The number of para-hydroxylation sites is 1. The molecule has 2 heterocycles. The first-order chi connectivity index (χ1) is 10.3. The standard InChI is InChI=1S/C17H20N4/c1-3-8-19-17(16-11-18-12-21(16)2)14-9-13-6-4-5-7-15(13)20-10-14/h4-7,9-12,17,19H,3,8H2,1-2H3. The minimum Gasteiger partial charge on any atom is -0.336 e. The minimum absolute atomic E-state index is 0.120. The molecule has 1 atom stereocenters. The highest BCUT2D eigenvalue weighted by Gasteiger charge is 2.17. The van der Waals surface area contributed by atoms with Crippen LogP contribution in [0.1, 0.15) is 30.6 Å². The Balaban J connectivity index is 2.03. The van der Waals surface area contributed by atoms with Gasteiger partial charge in [-0.15, -0.1) is 0 Å². The number of nitrogens with one attached hydrogen (secondary N) is 1. The maximum Gasteiger partial charge on any atom is 0.0946 e. The molecule has 3 rings (SSSR count). The summed E-state index contributed by atoms with van der Waals surface area (Å²) in [5.41, 5.74) is 3.35. The second-order valence-electron chi connectivity index (χ2n) is 5.28. The van der Waals surface area contributed by atoms with Crippen LogP contribution in [0.15, 0.2) is 49.1 Å². The fourth-order valence-corrected chi connectivity index (χ4v) is 2.57. The number of fused-ring (bicyclic) bond motifs is 1. The summed E-state index contributed by atoms with van der Waals surface area (Å²) < 4.78 is 2.06. The molecule has 4 nitrogen and oxygen atoms in total. The van der Waals surface area contributed by atoms with Crippen LogP contribution in [-0.4, -0.2) is 21.1 Å². The first kappa shape index (κ1) is 13.8. The predicted octanol–water partition coefficient (Wildman–Crippen LogP) is 3.06. The van der Waals surface area contributed by atoms with Crippen molar-refractivity contribution in [2.24, 2.45) is 7.05 Å². The molecule has 1 unspecified atom stereocenters. The van der Waals surface area contributed by atoms with Gasteiger partial charge >= 0.3 is 0 Å². The van der Waals surface area contributed by atoms with Crippen molar-refractivity contribution in [2.45, 2.75) is 19.4 Å². The van der Waals surface area contributed by atoms with Crippen LogP contribution in [0.2, 0.25) is 0 Å². The van der Waals surface area contributed by atoms with Crippen LogP contribution >= 0.6 is 0 Å². The van der Waals surface area contributed by atoms with E-state index in [0.717, 1.165) is 24.2 Å². The first-order valence-corrected chi connectivity index (χ1v) is 7.34. The number of rotatable bonds is 5. The SMILES string of the molecule is CCCNC(c1cnc2ccccc2c1)c1cncn1C. The second kappa shape index (κ2) is 6.06. The number of hydrogen-bond acceptors (Lipinski definition) is 3. The molecule has 21 heavy (non-hydrogen) atoms. The van der Waals surface area contributed by atoms with Gasteiger partial charge < -0.3 is 9.88 Å². The number of imidazole rings is 1. The molecule has 0 saturated carbocycles. The fourth-order valence-electron chi connectivity index (χ4n) is 2.57. The predicted molar refractivity (Wildman–Crippen MR) is 85.1 cm³/mol. The smallest absolute Gasteiger partial charge is 0.0946 e. The molecule has 1 N–H and O–H groups in total. The highest BCUT2D eigenvalue weighted by molar-refractivity contribution is 5.78. The largest absolute Gasteiger partial charge is 0.336 e. The van der Waals surface area contributed by atoms with Crippen molar-refractivity contribution in [3.63, 3.8) is 0 Å². The Kier molecular flexibility index (Phi) is 3.97. The van der Waals surface area contributed by atoms with Gasteiger partial charge in [0, 0.05) is 18.6 Å². The number of benzene rings is 1. The Hall–Kier alpha value is -2.20. The first-order valence-electron chi connectivity index (χ1n) is 7.34. The van der Waals surface area contributed by atoms with E-state index in [1.807, 2.05) is 44.0 Å². The topological polar surface area (TPSA) is 42.7 Å². The Morgan fingerprint density at radius 2 is 2.10 bits per heavy atom. The Bertz CT molecular complexity index is 732. The summed E-state index contributed by atoms with van der Waals surface area (Å²) in [6.07, 6.45) is 6.81. The monoisotopic (exact) mass is 280 g/mol. The van der Waals surface area contributed by atoms with Gasteiger partial charge in [-0.25, -0.2) is 4.98 Å². The van der Waals surface area contributed by atoms with Crippen molar-refractivity contribution in [3.8, 4) is 0 Å². The zero-order valence-corrected chi connectivity index (χ0v) is 12.5. The summed E-state index contributed by atoms with van der Waals surface area (Å²) in [5, 5.41) is 4.76. The molecule has 0 aliphatic rings. The molecule has 0 aliphatic carbocycles. The number of aryl methyl sites for hydroxylation is 1.